The van der Waals surface area contributed by atoms with Gasteiger partial charge < -0.3 is 9.72 Å². The number of nitrogens with one attached hydrogen (secondary N) is 1. The lowest BCUT2D eigenvalue weighted by molar-refractivity contribution is -0.384. The van der Waals surface area contributed by atoms with Crippen LogP contribution in [0, 0.1) is 16.0 Å². The predicted octanol–water partition coefficient (Wildman–Crippen LogP) is 4.72. The van der Waals surface area contributed by atoms with Crippen LogP contribution in [0.2, 0.25) is 0 Å². The third kappa shape index (κ3) is 4.09. The lowest BCUT2D eigenvalue weighted by atomic mass is 9.82. The number of hydrogen-bond donors (Lipinski definition) is 1. The van der Waals surface area contributed by atoms with E-state index in [2.05, 4.69) is 4.98 Å². The van der Waals surface area contributed by atoms with E-state index < -0.39 is 33.8 Å². The number of nitro benzene ring substituents is 1. The molecular formula is C27H19N3O6S2. The number of non-ortho nitro benzene ring substituents is 1. The summed E-state index contributed by atoms with van der Waals surface area (Å²) in [7, 11) is 0. The van der Waals surface area contributed by atoms with Crippen LogP contribution in [0.4, 0.5) is 11.4 Å². The van der Waals surface area contributed by atoms with Gasteiger partial charge in [0.25, 0.3) is 5.69 Å². The second-order valence-corrected chi connectivity index (χ2v) is 11.0. The number of carbonyl (C=O) groups excluding carboxylic acids is 2. The Balaban J connectivity index is 1.41. The number of para-hydroxylation sites is 1. The summed E-state index contributed by atoms with van der Waals surface area (Å²) >= 11 is 2.20. The maximum atomic E-state index is 13.9. The standard InChI is InChI=1S/C27H19N3O6S2/c31-25-21-20(18-8-4-5-9-19(18)36-14-15-6-2-1-3-7-15)22-24(28-27(33)38-22)37-23(21)26(32)29(25)16-10-12-17(13-11-16)30(34)35/h1-13,20-21,23H,14H2,(H,28,33). The molecule has 0 saturated carbocycles. The molecule has 2 aliphatic heterocycles. The Morgan fingerprint density at radius 3 is 2.37 bits per heavy atom. The van der Waals surface area contributed by atoms with Crippen LogP contribution in [0.3, 0.4) is 0 Å². The summed E-state index contributed by atoms with van der Waals surface area (Å²) in [5.41, 5.74) is 1.82. The lowest BCUT2D eigenvalue weighted by Gasteiger charge is -2.30. The summed E-state index contributed by atoms with van der Waals surface area (Å²) in [6.07, 6.45) is 0. The van der Waals surface area contributed by atoms with Crippen molar-refractivity contribution < 1.29 is 19.2 Å². The average Bonchev–Trinajstić information content (AvgIpc) is 3.42. The van der Waals surface area contributed by atoms with E-state index in [1.807, 2.05) is 54.6 Å². The van der Waals surface area contributed by atoms with Crippen LogP contribution >= 0.6 is 23.1 Å². The van der Waals surface area contributed by atoms with E-state index in [-0.39, 0.29) is 16.2 Å². The number of rotatable bonds is 6. The van der Waals surface area contributed by atoms with E-state index >= 15 is 0 Å². The molecule has 0 radical (unpaired) electrons. The highest BCUT2D eigenvalue weighted by Crippen LogP contribution is 2.54. The fraction of sp³-hybridized carbons (Fsp3) is 0.148. The molecule has 2 amide bonds. The van der Waals surface area contributed by atoms with Gasteiger partial charge in [0.15, 0.2) is 0 Å². The molecule has 0 aliphatic carbocycles. The van der Waals surface area contributed by atoms with Gasteiger partial charge in [-0.15, -0.1) is 0 Å². The molecule has 1 fully saturated rings. The van der Waals surface area contributed by atoms with E-state index in [1.165, 1.54) is 36.0 Å². The number of amides is 2. The molecular weight excluding hydrogens is 526 g/mol. The number of nitrogens with zero attached hydrogens (tertiary/aromatic N) is 2. The normalized spacial score (nSPS) is 20.2. The van der Waals surface area contributed by atoms with Crippen molar-refractivity contribution >= 4 is 46.3 Å². The van der Waals surface area contributed by atoms with Crippen molar-refractivity contribution in [3.8, 4) is 5.75 Å². The number of ether oxygens (including phenoxy) is 1. The van der Waals surface area contributed by atoms with E-state index in [9.17, 15) is 24.5 Å². The van der Waals surface area contributed by atoms with Crippen molar-refractivity contribution in [1.82, 2.24) is 4.98 Å². The number of thioether (sulfide) groups is 1. The maximum absolute atomic E-state index is 13.9. The number of carbonyl (C=O) groups is 2. The molecule has 0 spiro atoms. The number of aromatic nitrogens is 1. The number of thiazole rings is 1. The zero-order valence-electron chi connectivity index (χ0n) is 19.6. The van der Waals surface area contributed by atoms with Crippen LogP contribution in [-0.2, 0) is 16.2 Å². The first-order valence-electron chi connectivity index (χ1n) is 11.7. The SMILES string of the molecule is O=C1C2Sc3[nH]c(=O)sc3C(c3ccccc3OCc3ccccc3)C2C(=O)N1c1ccc([N+](=O)[O-])cc1. The van der Waals surface area contributed by atoms with Gasteiger partial charge in [0.2, 0.25) is 11.8 Å². The first kappa shape index (κ1) is 24.1. The fourth-order valence-electron chi connectivity index (χ4n) is 4.93. The van der Waals surface area contributed by atoms with E-state index in [1.54, 1.807) is 0 Å². The van der Waals surface area contributed by atoms with Gasteiger partial charge in [0.05, 0.1) is 21.6 Å². The molecule has 1 N–H and O–H groups in total. The third-order valence-electron chi connectivity index (χ3n) is 6.63. The molecule has 4 aromatic rings. The minimum atomic E-state index is -0.789. The molecule has 2 aliphatic rings. The van der Waals surface area contributed by atoms with E-state index in [0.717, 1.165) is 21.8 Å². The largest absolute Gasteiger partial charge is 0.489 e. The Morgan fingerprint density at radius 1 is 0.921 bits per heavy atom. The van der Waals surface area contributed by atoms with E-state index in [4.69, 9.17) is 4.74 Å². The number of aromatic amines is 1. The summed E-state index contributed by atoms with van der Waals surface area (Å²) < 4.78 is 6.19. The molecule has 1 saturated heterocycles. The fourth-order valence-corrected chi connectivity index (χ4v) is 7.44. The Bertz CT molecular complexity index is 1620. The summed E-state index contributed by atoms with van der Waals surface area (Å²) in [5, 5.41) is 10.9. The van der Waals surface area contributed by atoms with Crippen molar-refractivity contribution in [2.75, 3.05) is 4.90 Å². The second kappa shape index (κ2) is 9.58. The first-order chi connectivity index (χ1) is 18.4. The van der Waals surface area contributed by atoms with E-state index in [0.29, 0.717) is 27.8 Å². The average molecular weight is 546 g/mol. The van der Waals surface area contributed by atoms with Gasteiger partial charge in [-0.25, -0.2) is 4.90 Å². The lowest BCUT2D eigenvalue weighted by Crippen LogP contribution is -2.32. The zero-order chi connectivity index (χ0) is 26.4. The van der Waals surface area contributed by atoms with Crippen molar-refractivity contribution in [3.05, 3.63) is 115 Å². The Labute approximate surface area is 224 Å². The molecule has 0 bridgehead atoms. The van der Waals surface area contributed by atoms with Crippen LogP contribution in [0.5, 0.6) is 5.75 Å². The van der Waals surface area contributed by atoms with Gasteiger partial charge in [0.1, 0.15) is 17.6 Å². The smallest absolute Gasteiger partial charge is 0.305 e. The second-order valence-electron chi connectivity index (χ2n) is 8.85. The summed E-state index contributed by atoms with van der Waals surface area (Å²) in [6, 6.07) is 22.4. The monoisotopic (exact) mass is 545 g/mol. The number of nitro groups is 1. The van der Waals surface area contributed by atoms with Crippen LogP contribution < -0.4 is 14.5 Å². The van der Waals surface area contributed by atoms with Crippen molar-refractivity contribution in [3.63, 3.8) is 0 Å². The number of benzene rings is 3. The number of H-pyrrole nitrogens is 1. The molecule has 3 aromatic carbocycles. The first-order valence-corrected chi connectivity index (χ1v) is 13.4. The molecule has 11 heteroatoms. The topological polar surface area (TPSA) is 123 Å². The van der Waals surface area contributed by atoms with Crippen LogP contribution in [0.1, 0.15) is 21.9 Å². The quantitative estimate of drug-likeness (QED) is 0.211. The highest BCUT2D eigenvalue weighted by Gasteiger charge is 2.56. The Morgan fingerprint density at radius 2 is 1.63 bits per heavy atom. The van der Waals surface area contributed by atoms with Gasteiger partial charge in [-0.3, -0.25) is 24.5 Å². The third-order valence-corrected chi connectivity index (χ3v) is 9.03. The zero-order valence-corrected chi connectivity index (χ0v) is 21.2. The molecule has 3 heterocycles. The van der Waals surface area contributed by atoms with Gasteiger partial charge in [-0.1, -0.05) is 71.6 Å². The van der Waals surface area contributed by atoms with Gasteiger partial charge in [-0.05, 0) is 23.8 Å². The molecule has 3 atom stereocenters. The van der Waals surface area contributed by atoms with Crippen LogP contribution in [0.15, 0.2) is 88.7 Å². The summed E-state index contributed by atoms with van der Waals surface area (Å²) in [4.78, 5) is 54.7. The highest BCUT2D eigenvalue weighted by molar-refractivity contribution is 8.00. The number of hydrogen-bond acceptors (Lipinski definition) is 8. The van der Waals surface area contributed by atoms with Gasteiger partial charge in [0, 0.05) is 28.5 Å². The Kier molecular flexibility index (Phi) is 6.09. The molecule has 190 valence electrons. The number of fused-ring (bicyclic) bond motifs is 2. The predicted molar refractivity (Wildman–Crippen MR) is 143 cm³/mol. The van der Waals surface area contributed by atoms with Crippen LogP contribution in [-0.4, -0.2) is 27.0 Å². The van der Waals surface area contributed by atoms with Gasteiger partial charge in [-0.2, -0.15) is 0 Å². The summed E-state index contributed by atoms with van der Waals surface area (Å²) in [5.74, 6) is -1.66. The van der Waals surface area contributed by atoms with Gasteiger partial charge >= 0.3 is 4.87 Å². The maximum Gasteiger partial charge on any atom is 0.305 e. The number of imide groups is 1. The van der Waals surface area contributed by atoms with Crippen LogP contribution in [0.25, 0.3) is 0 Å². The van der Waals surface area contributed by atoms with Crippen molar-refractivity contribution in [2.45, 2.75) is 22.8 Å². The number of anilines is 1. The molecule has 1 aromatic heterocycles. The minimum Gasteiger partial charge on any atom is -0.489 e. The molecule has 6 rings (SSSR count). The molecule has 9 nitrogen and oxygen atoms in total. The molecule has 38 heavy (non-hydrogen) atoms. The highest BCUT2D eigenvalue weighted by atomic mass is 32.2. The minimum absolute atomic E-state index is 0.137. The van der Waals surface area contributed by atoms with Crippen molar-refractivity contribution in [1.29, 1.82) is 0 Å². The van der Waals surface area contributed by atoms with Crippen molar-refractivity contribution in [2.24, 2.45) is 5.92 Å². The Hall–Kier alpha value is -4.22. The summed E-state index contributed by atoms with van der Waals surface area (Å²) in [6.45, 7) is 0.311. The molecule has 3 unspecified atom stereocenters.